The van der Waals surface area contributed by atoms with Gasteiger partial charge in [0, 0.05) is 16.9 Å². The van der Waals surface area contributed by atoms with E-state index >= 15 is 0 Å². The summed E-state index contributed by atoms with van der Waals surface area (Å²) in [7, 11) is 0. The number of anilines is 2. The minimum Gasteiger partial charge on any atom is -0.378 e. The summed E-state index contributed by atoms with van der Waals surface area (Å²) in [6.45, 7) is 0. The highest BCUT2D eigenvalue weighted by Crippen LogP contribution is 2.63. The molecule has 0 unspecified atom stereocenters. The third-order valence-corrected chi connectivity index (χ3v) is 7.61. The standard InChI is InChI=1S/C27H25FN2O/c28-20-9-11-21(12-10-20)29-27(31)19-8-13-23-22(15-19)24-17-6-7-18(14-17)25(24)26(30-23)16-4-2-1-3-5-16/h1-5,8-13,15,17-18,24-26,30H,6-7,14H2,(H,29,31)/t17-,18+,24+,25+,26-/m1/s1. The van der Waals surface area contributed by atoms with Crippen molar-refractivity contribution in [3.63, 3.8) is 0 Å². The normalized spacial score (nSPS) is 27.8. The van der Waals surface area contributed by atoms with Crippen LogP contribution in [0.4, 0.5) is 15.8 Å². The van der Waals surface area contributed by atoms with E-state index in [-0.39, 0.29) is 11.7 Å². The number of benzene rings is 3. The first-order chi connectivity index (χ1) is 15.2. The largest absolute Gasteiger partial charge is 0.378 e. The van der Waals surface area contributed by atoms with E-state index in [0.717, 1.165) is 11.6 Å². The van der Waals surface area contributed by atoms with Gasteiger partial charge in [-0.15, -0.1) is 0 Å². The lowest BCUT2D eigenvalue weighted by Gasteiger charge is -2.43. The van der Waals surface area contributed by atoms with Gasteiger partial charge in [0.2, 0.25) is 0 Å². The molecule has 156 valence electrons. The summed E-state index contributed by atoms with van der Waals surface area (Å²) in [5, 5.41) is 6.71. The van der Waals surface area contributed by atoms with E-state index in [0.29, 0.717) is 35.0 Å². The topological polar surface area (TPSA) is 41.1 Å². The fourth-order valence-electron chi connectivity index (χ4n) is 6.35. The van der Waals surface area contributed by atoms with Gasteiger partial charge < -0.3 is 10.6 Å². The van der Waals surface area contributed by atoms with Crippen molar-refractivity contribution in [3.8, 4) is 0 Å². The van der Waals surface area contributed by atoms with E-state index in [2.05, 4.69) is 53.1 Å². The Bertz CT molecular complexity index is 1130. The molecule has 0 spiro atoms. The van der Waals surface area contributed by atoms with Crippen LogP contribution in [-0.4, -0.2) is 5.91 Å². The molecular formula is C27H25FN2O. The zero-order valence-electron chi connectivity index (χ0n) is 17.2. The van der Waals surface area contributed by atoms with Crippen LogP contribution in [0.25, 0.3) is 0 Å². The van der Waals surface area contributed by atoms with Crippen LogP contribution in [0.2, 0.25) is 0 Å². The second-order valence-corrected chi connectivity index (χ2v) is 9.23. The molecule has 0 aromatic heterocycles. The molecule has 3 aromatic carbocycles. The number of carbonyl (C=O) groups is 1. The Morgan fingerprint density at radius 3 is 2.52 bits per heavy atom. The van der Waals surface area contributed by atoms with Crippen molar-refractivity contribution in [1.29, 1.82) is 0 Å². The van der Waals surface area contributed by atoms with E-state index < -0.39 is 0 Å². The molecule has 0 radical (unpaired) electrons. The van der Waals surface area contributed by atoms with E-state index in [1.807, 2.05) is 6.07 Å². The fourth-order valence-corrected chi connectivity index (χ4v) is 6.35. The Hall–Kier alpha value is -3.14. The van der Waals surface area contributed by atoms with Crippen LogP contribution in [0.15, 0.2) is 72.8 Å². The molecule has 4 heteroatoms. The molecule has 0 saturated heterocycles. The zero-order valence-corrected chi connectivity index (χ0v) is 17.2. The van der Waals surface area contributed by atoms with Crippen LogP contribution in [0.5, 0.6) is 0 Å². The first kappa shape index (κ1) is 18.6. The van der Waals surface area contributed by atoms with Gasteiger partial charge in [-0.05, 0) is 96.5 Å². The Kier molecular flexibility index (Phi) is 4.34. The molecule has 2 fully saturated rings. The highest BCUT2D eigenvalue weighted by molar-refractivity contribution is 6.04. The van der Waals surface area contributed by atoms with Crippen molar-refractivity contribution < 1.29 is 9.18 Å². The predicted octanol–water partition coefficient (Wildman–Crippen LogP) is 6.37. The summed E-state index contributed by atoms with van der Waals surface area (Å²) < 4.78 is 13.2. The number of rotatable bonds is 3. The van der Waals surface area contributed by atoms with Crippen LogP contribution in [-0.2, 0) is 0 Å². The molecule has 31 heavy (non-hydrogen) atoms. The molecule has 2 saturated carbocycles. The molecule has 3 aliphatic rings. The second-order valence-electron chi connectivity index (χ2n) is 9.23. The van der Waals surface area contributed by atoms with Gasteiger partial charge in [0.15, 0.2) is 0 Å². The lowest BCUT2D eigenvalue weighted by Crippen LogP contribution is -2.35. The van der Waals surface area contributed by atoms with Gasteiger partial charge in [0.1, 0.15) is 5.82 Å². The van der Waals surface area contributed by atoms with Crippen LogP contribution < -0.4 is 10.6 Å². The second kappa shape index (κ2) is 7.23. The molecule has 1 heterocycles. The Labute approximate surface area is 181 Å². The first-order valence-corrected chi connectivity index (χ1v) is 11.2. The summed E-state index contributed by atoms with van der Waals surface area (Å²) in [6.07, 6.45) is 3.90. The molecule has 3 aromatic rings. The molecular weight excluding hydrogens is 387 g/mol. The SMILES string of the molecule is O=C(Nc1ccc(F)cc1)c1ccc2c(c1)[C@@H]1[C@@H]3CC[C@@H](C3)[C@@H]1[C@@H](c1ccccc1)N2. The number of amides is 1. The third-order valence-electron chi connectivity index (χ3n) is 7.61. The van der Waals surface area contributed by atoms with Crippen LogP contribution in [0, 0.1) is 23.6 Å². The number of nitrogens with one attached hydrogen (secondary N) is 2. The van der Waals surface area contributed by atoms with E-state index in [1.54, 1.807) is 12.1 Å². The van der Waals surface area contributed by atoms with Crippen LogP contribution >= 0.6 is 0 Å². The van der Waals surface area contributed by atoms with Gasteiger partial charge in [-0.25, -0.2) is 4.39 Å². The zero-order chi connectivity index (χ0) is 20.9. The predicted molar refractivity (Wildman–Crippen MR) is 121 cm³/mol. The number of hydrogen-bond acceptors (Lipinski definition) is 2. The minimum absolute atomic E-state index is 0.153. The maximum absolute atomic E-state index is 13.2. The number of carbonyl (C=O) groups excluding carboxylic acids is 1. The van der Waals surface area contributed by atoms with Crippen LogP contribution in [0.1, 0.15) is 52.7 Å². The van der Waals surface area contributed by atoms with Gasteiger partial charge in [0.05, 0.1) is 6.04 Å². The molecule has 3 nitrogen and oxygen atoms in total. The monoisotopic (exact) mass is 412 g/mol. The molecule has 5 atom stereocenters. The average molecular weight is 413 g/mol. The van der Waals surface area contributed by atoms with E-state index in [4.69, 9.17) is 0 Å². The van der Waals surface area contributed by atoms with Gasteiger partial charge in [-0.2, -0.15) is 0 Å². The molecule has 2 aliphatic carbocycles. The molecule has 1 amide bonds. The molecule has 1 aliphatic heterocycles. The van der Waals surface area contributed by atoms with Crippen LogP contribution in [0.3, 0.4) is 0 Å². The van der Waals surface area contributed by atoms with E-state index in [1.165, 1.54) is 42.5 Å². The van der Waals surface area contributed by atoms with Crippen molar-refractivity contribution in [2.45, 2.75) is 31.2 Å². The third kappa shape index (κ3) is 3.13. The lowest BCUT2D eigenvalue weighted by molar-refractivity contribution is 0.102. The van der Waals surface area contributed by atoms with Gasteiger partial charge >= 0.3 is 0 Å². The molecule has 6 rings (SSSR count). The minimum atomic E-state index is -0.312. The van der Waals surface area contributed by atoms with Gasteiger partial charge in [-0.3, -0.25) is 4.79 Å². The Morgan fingerprint density at radius 1 is 0.935 bits per heavy atom. The highest BCUT2D eigenvalue weighted by atomic mass is 19.1. The van der Waals surface area contributed by atoms with Crippen molar-refractivity contribution in [2.75, 3.05) is 10.6 Å². The smallest absolute Gasteiger partial charge is 0.255 e. The number of halogens is 1. The van der Waals surface area contributed by atoms with Crippen molar-refractivity contribution in [1.82, 2.24) is 0 Å². The quantitative estimate of drug-likeness (QED) is 0.524. The Balaban J connectivity index is 1.34. The van der Waals surface area contributed by atoms with Gasteiger partial charge in [-0.1, -0.05) is 30.3 Å². The van der Waals surface area contributed by atoms with Gasteiger partial charge in [0.25, 0.3) is 5.91 Å². The molecule has 2 bridgehead atoms. The highest BCUT2D eigenvalue weighted by Gasteiger charge is 2.53. The average Bonchev–Trinajstić information content (AvgIpc) is 3.43. The Morgan fingerprint density at radius 2 is 1.71 bits per heavy atom. The fraction of sp³-hybridized carbons (Fsp3) is 0.296. The summed E-state index contributed by atoms with van der Waals surface area (Å²) in [4.78, 5) is 12.9. The summed E-state index contributed by atoms with van der Waals surface area (Å²) >= 11 is 0. The summed E-state index contributed by atoms with van der Waals surface area (Å²) in [5.41, 5.74) is 5.06. The maximum Gasteiger partial charge on any atom is 0.255 e. The van der Waals surface area contributed by atoms with Crippen molar-refractivity contribution in [2.24, 2.45) is 17.8 Å². The maximum atomic E-state index is 13.2. The number of hydrogen-bond donors (Lipinski definition) is 2. The van der Waals surface area contributed by atoms with E-state index in [9.17, 15) is 9.18 Å². The summed E-state index contributed by atoms with van der Waals surface area (Å²) in [6, 6.07) is 23.0. The summed E-state index contributed by atoms with van der Waals surface area (Å²) in [5.74, 6) is 2.06. The number of fused-ring (bicyclic) bond motifs is 7. The molecule has 2 N–H and O–H groups in total. The first-order valence-electron chi connectivity index (χ1n) is 11.2. The van der Waals surface area contributed by atoms with Crippen molar-refractivity contribution >= 4 is 17.3 Å². The van der Waals surface area contributed by atoms with Crippen molar-refractivity contribution in [3.05, 3.63) is 95.3 Å². The lowest BCUT2D eigenvalue weighted by atomic mass is 9.68.